The van der Waals surface area contributed by atoms with Crippen molar-refractivity contribution in [1.29, 1.82) is 0 Å². The lowest BCUT2D eigenvalue weighted by Crippen LogP contribution is -2.50. The predicted molar refractivity (Wildman–Crippen MR) is 109 cm³/mol. The maximum absolute atomic E-state index is 12.5. The number of methoxy groups -OCH3 is 2. The molecule has 0 atom stereocenters. The summed E-state index contributed by atoms with van der Waals surface area (Å²) in [5, 5.41) is 0. The summed E-state index contributed by atoms with van der Waals surface area (Å²) in [6.45, 7) is 2.67. The molecule has 29 heavy (non-hydrogen) atoms. The second kappa shape index (κ2) is 9.93. The smallest absolute Gasteiger partial charge is 0.338 e. The van der Waals surface area contributed by atoms with Crippen molar-refractivity contribution < 1.29 is 23.8 Å². The average Bonchev–Trinajstić information content (AvgIpc) is 2.77. The first-order chi connectivity index (χ1) is 14.1. The highest BCUT2D eigenvalue weighted by atomic mass is 16.5. The van der Waals surface area contributed by atoms with Crippen molar-refractivity contribution in [2.75, 3.05) is 51.9 Å². The third-order valence-electron chi connectivity index (χ3n) is 4.86. The Morgan fingerprint density at radius 3 is 2.45 bits per heavy atom. The third kappa shape index (κ3) is 5.26. The minimum Gasteiger partial charge on any atom is -0.495 e. The van der Waals surface area contributed by atoms with E-state index in [-0.39, 0.29) is 12.5 Å². The number of carbonyl (C=O) groups is 2. The molecule has 1 aliphatic rings. The highest BCUT2D eigenvalue weighted by Crippen LogP contribution is 2.28. The van der Waals surface area contributed by atoms with E-state index in [1.807, 2.05) is 30.3 Å². The van der Waals surface area contributed by atoms with Crippen LogP contribution in [0.15, 0.2) is 48.5 Å². The Bertz CT molecular complexity index is 847. The lowest BCUT2D eigenvalue weighted by molar-refractivity contribution is -0.134. The van der Waals surface area contributed by atoms with Gasteiger partial charge in [-0.3, -0.25) is 4.79 Å². The minimum absolute atomic E-state index is 0.189. The molecule has 7 nitrogen and oxygen atoms in total. The van der Waals surface area contributed by atoms with Crippen molar-refractivity contribution in [3.8, 4) is 5.75 Å². The van der Waals surface area contributed by atoms with Gasteiger partial charge in [0.05, 0.1) is 25.0 Å². The lowest BCUT2D eigenvalue weighted by Gasteiger charge is -2.36. The standard InChI is InChI=1S/C22H26N2O5/c1-27-15-17-6-5-7-18(14-17)22(26)29-16-21(25)24-12-10-23(11-13-24)19-8-3-4-9-20(19)28-2/h3-9,14H,10-13,15-16H2,1-2H3. The summed E-state index contributed by atoms with van der Waals surface area (Å²) in [4.78, 5) is 28.6. The first kappa shape index (κ1) is 20.7. The van der Waals surface area contributed by atoms with E-state index in [9.17, 15) is 9.59 Å². The number of carbonyl (C=O) groups excluding carboxylic acids is 2. The summed E-state index contributed by atoms with van der Waals surface area (Å²) in [5.74, 6) is 0.118. The van der Waals surface area contributed by atoms with Gasteiger partial charge in [-0.15, -0.1) is 0 Å². The maximum Gasteiger partial charge on any atom is 0.338 e. The van der Waals surface area contributed by atoms with Gasteiger partial charge in [-0.25, -0.2) is 4.79 Å². The Hall–Kier alpha value is -3.06. The Balaban J connectivity index is 1.50. The molecule has 0 saturated carbocycles. The summed E-state index contributed by atoms with van der Waals surface area (Å²) in [6.07, 6.45) is 0. The summed E-state index contributed by atoms with van der Waals surface area (Å²) < 4.78 is 15.7. The highest BCUT2D eigenvalue weighted by molar-refractivity contribution is 5.91. The predicted octanol–water partition coefficient (Wildman–Crippen LogP) is 2.35. The van der Waals surface area contributed by atoms with Crippen molar-refractivity contribution >= 4 is 17.6 Å². The number of ether oxygens (including phenoxy) is 3. The average molecular weight is 398 g/mol. The molecular weight excluding hydrogens is 372 g/mol. The molecular formula is C22H26N2O5. The zero-order valence-corrected chi connectivity index (χ0v) is 16.8. The van der Waals surface area contributed by atoms with Crippen LogP contribution in [0.5, 0.6) is 5.75 Å². The second-order valence-corrected chi connectivity index (χ2v) is 6.75. The zero-order valence-electron chi connectivity index (χ0n) is 16.8. The van der Waals surface area contributed by atoms with Crippen LogP contribution in [0.3, 0.4) is 0 Å². The van der Waals surface area contributed by atoms with E-state index in [0.717, 1.165) is 17.0 Å². The minimum atomic E-state index is -0.510. The molecule has 7 heteroatoms. The molecule has 1 saturated heterocycles. The molecule has 0 spiro atoms. The zero-order chi connectivity index (χ0) is 20.6. The molecule has 3 rings (SSSR count). The lowest BCUT2D eigenvalue weighted by atomic mass is 10.1. The third-order valence-corrected chi connectivity index (χ3v) is 4.86. The number of esters is 1. The molecule has 1 aliphatic heterocycles. The fourth-order valence-corrected chi connectivity index (χ4v) is 3.34. The van der Waals surface area contributed by atoms with Gasteiger partial charge in [0.2, 0.25) is 0 Å². The number of para-hydroxylation sites is 2. The molecule has 0 N–H and O–H groups in total. The maximum atomic E-state index is 12.5. The van der Waals surface area contributed by atoms with Crippen LogP contribution in [0.2, 0.25) is 0 Å². The monoisotopic (exact) mass is 398 g/mol. The van der Waals surface area contributed by atoms with E-state index in [2.05, 4.69) is 4.90 Å². The summed E-state index contributed by atoms with van der Waals surface area (Å²) in [7, 11) is 3.25. The first-order valence-corrected chi connectivity index (χ1v) is 9.53. The van der Waals surface area contributed by atoms with Crippen LogP contribution >= 0.6 is 0 Å². The van der Waals surface area contributed by atoms with Crippen molar-refractivity contribution in [2.24, 2.45) is 0 Å². The first-order valence-electron chi connectivity index (χ1n) is 9.53. The van der Waals surface area contributed by atoms with Gasteiger partial charge in [0.25, 0.3) is 5.91 Å². The number of benzene rings is 2. The van der Waals surface area contributed by atoms with Gasteiger partial charge in [0, 0.05) is 33.3 Å². The van der Waals surface area contributed by atoms with Crippen molar-refractivity contribution in [3.63, 3.8) is 0 Å². The summed E-state index contributed by atoms with van der Waals surface area (Å²) >= 11 is 0. The van der Waals surface area contributed by atoms with Gasteiger partial charge in [-0.05, 0) is 29.8 Å². The quantitative estimate of drug-likeness (QED) is 0.667. The van der Waals surface area contributed by atoms with E-state index in [4.69, 9.17) is 14.2 Å². The van der Waals surface area contributed by atoms with Crippen LogP contribution in [0.4, 0.5) is 5.69 Å². The number of amides is 1. The number of nitrogens with zero attached hydrogens (tertiary/aromatic N) is 2. The number of rotatable bonds is 7. The Labute approximate surface area is 170 Å². The van der Waals surface area contributed by atoms with Gasteiger partial charge < -0.3 is 24.0 Å². The number of anilines is 1. The largest absolute Gasteiger partial charge is 0.495 e. The van der Waals surface area contributed by atoms with E-state index in [1.165, 1.54) is 0 Å². The van der Waals surface area contributed by atoms with Crippen molar-refractivity contribution in [1.82, 2.24) is 4.90 Å². The van der Waals surface area contributed by atoms with Gasteiger partial charge in [-0.1, -0.05) is 24.3 Å². The molecule has 2 aromatic carbocycles. The molecule has 1 fully saturated rings. The topological polar surface area (TPSA) is 68.3 Å². The second-order valence-electron chi connectivity index (χ2n) is 6.75. The summed E-state index contributed by atoms with van der Waals surface area (Å²) in [6, 6.07) is 14.8. The molecule has 2 aromatic rings. The molecule has 0 radical (unpaired) electrons. The number of hydrogen-bond donors (Lipinski definition) is 0. The molecule has 0 aliphatic carbocycles. The number of hydrogen-bond acceptors (Lipinski definition) is 6. The molecule has 0 unspecified atom stereocenters. The summed E-state index contributed by atoms with van der Waals surface area (Å²) in [5.41, 5.74) is 2.30. The normalized spacial score (nSPS) is 13.9. The van der Waals surface area contributed by atoms with Crippen LogP contribution in [0.1, 0.15) is 15.9 Å². The molecule has 1 heterocycles. The van der Waals surface area contributed by atoms with Gasteiger partial charge >= 0.3 is 5.97 Å². The van der Waals surface area contributed by atoms with Crippen molar-refractivity contribution in [3.05, 3.63) is 59.7 Å². The van der Waals surface area contributed by atoms with Gasteiger partial charge in [-0.2, -0.15) is 0 Å². The van der Waals surface area contributed by atoms with Crippen LogP contribution < -0.4 is 9.64 Å². The molecule has 154 valence electrons. The van der Waals surface area contributed by atoms with Gasteiger partial charge in [0.1, 0.15) is 5.75 Å². The molecule has 0 aromatic heterocycles. The van der Waals surface area contributed by atoms with Crippen LogP contribution in [0.25, 0.3) is 0 Å². The van der Waals surface area contributed by atoms with E-state index in [0.29, 0.717) is 38.3 Å². The van der Waals surface area contributed by atoms with Crippen LogP contribution in [-0.2, 0) is 20.9 Å². The van der Waals surface area contributed by atoms with Crippen LogP contribution in [-0.4, -0.2) is 63.8 Å². The Morgan fingerprint density at radius 2 is 1.72 bits per heavy atom. The van der Waals surface area contributed by atoms with Crippen molar-refractivity contribution in [2.45, 2.75) is 6.61 Å². The fraction of sp³-hybridized carbons (Fsp3) is 0.364. The van der Waals surface area contributed by atoms with E-state index < -0.39 is 5.97 Å². The van der Waals surface area contributed by atoms with Gasteiger partial charge in [0.15, 0.2) is 6.61 Å². The Kier molecular flexibility index (Phi) is 7.08. The highest BCUT2D eigenvalue weighted by Gasteiger charge is 2.23. The number of piperazine rings is 1. The fourth-order valence-electron chi connectivity index (χ4n) is 3.34. The molecule has 0 bridgehead atoms. The Morgan fingerprint density at radius 1 is 0.966 bits per heavy atom. The van der Waals surface area contributed by atoms with E-state index >= 15 is 0 Å². The SMILES string of the molecule is COCc1cccc(C(=O)OCC(=O)N2CCN(c3ccccc3OC)CC2)c1. The van der Waals surface area contributed by atoms with E-state index in [1.54, 1.807) is 37.3 Å². The van der Waals surface area contributed by atoms with Crippen LogP contribution in [0, 0.1) is 0 Å². The molecule has 1 amide bonds.